The van der Waals surface area contributed by atoms with Gasteiger partial charge in [0.2, 0.25) is 5.88 Å². The predicted molar refractivity (Wildman–Crippen MR) is 72.0 cm³/mol. The van der Waals surface area contributed by atoms with Crippen LogP contribution in [0, 0.1) is 0 Å². The van der Waals surface area contributed by atoms with Crippen LogP contribution >= 0.6 is 0 Å². The second-order valence-electron chi connectivity index (χ2n) is 4.70. The molecule has 1 aliphatic heterocycles. The van der Waals surface area contributed by atoms with E-state index in [9.17, 15) is 14.7 Å². The molecule has 1 unspecified atom stereocenters. The summed E-state index contributed by atoms with van der Waals surface area (Å²) in [5.41, 5.74) is -0.552. The van der Waals surface area contributed by atoms with Crippen LogP contribution in [0.3, 0.4) is 0 Å². The number of pyridine rings is 1. The van der Waals surface area contributed by atoms with Crippen molar-refractivity contribution >= 4 is 12.0 Å². The fraction of sp³-hybridized carbons (Fsp3) is 0.462. The Balaban J connectivity index is 1.91. The van der Waals surface area contributed by atoms with Crippen molar-refractivity contribution in [2.75, 3.05) is 20.3 Å². The average Bonchev–Trinajstić information content (AvgIpc) is 2.95. The third kappa shape index (κ3) is 3.60. The van der Waals surface area contributed by atoms with E-state index in [4.69, 9.17) is 9.47 Å². The van der Waals surface area contributed by atoms with E-state index in [0.717, 1.165) is 5.56 Å². The molecule has 0 aromatic carbocycles. The van der Waals surface area contributed by atoms with E-state index in [0.29, 0.717) is 12.5 Å². The number of carboxylic acid groups (broad SMARTS) is 1. The summed E-state index contributed by atoms with van der Waals surface area (Å²) in [6.07, 6.45) is 1.82. The van der Waals surface area contributed by atoms with E-state index in [1.165, 1.54) is 7.11 Å². The second kappa shape index (κ2) is 6.40. The summed E-state index contributed by atoms with van der Waals surface area (Å²) < 4.78 is 10.1. The average molecular weight is 295 g/mol. The summed E-state index contributed by atoms with van der Waals surface area (Å²) >= 11 is 0. The number of urea groups is 1. The number of nitrogens with zero attached hydrogens (tertiary/aromatic N) is 1. The van der Waals surface area contributed by atoms with Crippen molar-refractivity contribution < 1.29 is 24.2 Å². The van der Waals surface area contributed by atoms with E-state index in [-0.39, 0.29) is 19.6 Å². The van der Waals surface area contributed by atoms with Gasteiger partial charge in [-0.3, -0.25) is 0 Å². The van der Waals surface area contributed by atoms with Gasteiger partial charge in [0.15, 0.2) is 5.54 Å². The van der Waals surface area contributed by atoms with Gasteiger partial charge in [0.05, 0.1) is 13.7 Å². The zero-order valence-corrected chi connectivity index (χ0v) is 11.6. The predicted octanol–water partition coefficient (Wildman–Crippen LogP) is 0.133. The molecule has 0 aliphatic carbocycles. The lowest BCUT2D eigenvalue weighted by molar-refractivity contribution is -0.144. The van der Waals surface area contributed by atoms with Gasteiger partial charge in [0.25, 0.3) is 0 Å². The Bertz CT molecular complexity index is 528. The number of carbonyl (C=O) groups excluding carboxylic acids is 1. The SMILES string of the molecule is COc1cc(CNC(=O)NC2(C(=O)O)CCOC2)ccn1. The maximum Gasteiger partial charge on any atom is 0.332 e. The Kier molecular flexibility index (Phi) is 4.59. The van der Waals surface area contributed by atoms with Crippen molar-refractivity contribution in [2.45, 2.75) is 18.5 Å². The minimum atomic E-state index is -1.35. The summed E-state index contributed by atoms with van der Waals surface area (Å²) in [6.45, 7) is 0.522. The third-order valence-corrected chi connectivity index (χ3v) is 3.25. The van der Waals surface area contributed by atoms with E-state index >= 15 is 0 Å². The lowest BCUT2D eigenvalue weighted by Gasteiger charge is -2.23. The number of methoxy groups -OCH3 is 1. The van der Waals surface area contributed by atoms with Gasteiger partial charge in [-0.15, -0.1) is 0 Å². The summed E-state index contributed by atoms with van der Waals surface area (Å²) in [6, 6.07) is 2.86. The zero-order valence-electron chi connectivity index (χ0n) is 11.6. The molecule has 2 amide bonds. The quantitative estimate of drug-likeness (QED) is 0.712. The minimum Gasteiger partial charge on any atom is -0.481 e. The fourth-order valence-electron chi connectivity index (χ4n) is 2.00. The number of carbonyl (C=O) groups is 2. The van der Waals surface area contributed by atoms with Crippen LogP contribution in [0.1, 0.15) is 12.0 Å². The summed E-state index contributed by atoms with van der Waals surface area (Å²) in [5.74, 6) is -0.651. The molecule has 2 rings (SSSR count). The Morgan fingerprint density at radius 1 is 1.57 bits per heavy atom. The van der Waals surface area contributed by atoms with Gasteiger partial charge in [0, 0.05) is 31.8 Å². The lowest BCUT2D eigenvalue weighted by atomic mass is 9.99. The maximum absolute atomic E-state index is 11.8. The van der Waals surface area contributed by atoms with Crippen LogP contribution in [0.15, 0.2) is 18.3 Å². The van der Waals surface area contributed by atoms with Crippen molar-refractivity contribution in [3.8, 4) is 5.88 Å². The zero-order chi connectivity index (χ0) is 15.3. The fourth-order valence-corrected chi connectivity index (χ4v) is 2.00. The largest absolute Gasteiger partial charge is 0.481 e. The highest BCUT2D eigenvalue weighted by atomic mass is 16.5. The first-order chi connectivity index (χ1) is 10.1. The number of nitrogens with one attached hydrogen (secondary N) is 2. The van der Waals surface area contributed by atoms with Crippen molar-refractivity contribution in [3.63, 3.8) is 0 Å². The standard InChI is InChI=1S/C13H17N3O5/c1-20-10-6-9(2-4-14-10)7-15-12(19)16-13(11(17)18)3-5-21-8-13/h2,4,6H,3,5,7-8H2,1H3,(H,17,18)(H2,15,16,19). The van der Waals surface area contributed by atoms with E-state index in [1.807, 2.05) is 0 Å². The molecule has 1 atom stereocenters. The van der Waals surface area contributed by atoms with Gasteiger partial charge in [-0.25, -0.2) is 14.6 Å². The lowest BCUT2D eigenvalue weighted by Crippen LogP contribution is -2.57. The maximum atomic E-state index is 11.8. The van der Waals surface area contributed by atoms with Crippen molar-refractivity contribution in [2.24, 2.45) is 0 Å². The minimum absolute atomic E-state index is 0.0289. The number of rotatable bonds is 5. The number of amides is 2. The molecule has 114 valence electrons. The normalized spacial score (nSPS) is 20.8. The Morgan fingerprint density at radius 2 is 2.38 bits per heavy atom. The first-order valence-corrected chi connectivity index (χ1v) is 6.42. The molecule has 3 N–H and O–H groups in total. The molecule has 0 saturated carbocycles. The number of hydrogen-bond acceptors (Lipinski definition) is 5. The van der Waals surface area contributed by atoms with Crippen LogP contribution in [0.25, 0.3) is 0 Å². The van der Waals surface area contributed by atoms with Gasteiger partial charge in [0.1, 0.15) is 0 Å². The molecule has 1 aromatic heterocycles. The monoisotopic (exact) mass is 295 g/mol. The molecule has 1 aromatic rings. The van der Waals surface area contributed by atoms with Gasteiger partial charge < -0.3 is 25.2 Å². The molecule has 8 heteroatoms. The van der Waals surface area contributed by atoms with Crippen LogP contribution in [0.5, 0.6) is 5.88 Å². The van der Waals surface area contributed by atoms with Crippen molar-refractivity contribution in [3.05, 3.63) is 23.9 Å². The van der Waals surface area contributed by atoms with E-state index < -0.39 is 17.5 Å². The summed E-state index contributed by atoms with van der Waals surface area (Å²) in [7, 11) is 1.50. The molecule has 8 nitrogen and oxygen atoms in total. The van der Waals surface area contributed by atoms with Crippen molar-refractivity contribution in [1.82, 2.24) is 15.6 Å². The van der Waals surface area contributed by atoms with Crippen LogP contribution < -0.4 is 15.4 Å². The number of aromatic nitrogens is 1. The topological polar surface area (TPSA) is 110 Å². The number of hydrogen-bond donors (Lipinski definition) is 3. The first-order valence-electron chi connectivity index (χ1n) is 6.42. The second-order valence-corrected chi connectivity index (χ2v) is 4.70. The third-order valence-electron chi connectivity index (χ3n) is 3.25. The van der Waals surface area contributed by atoms with Gasteiger partial charge in [-0.05, 0) is 11.6 Å². The molecule has 2 heterocycles. The van der Waals surface area contributed by atoms with E-state index in [1.54, 1.807) is 18.3 Å². The van der Waals surface area contributed by atoms with Gasteiger partial charge in [-0.2, -0.15) is 0 Å². The number of ether oxygens (including phenoxy) is 2. The molecule has 1 fully saturated rings. The van der Waals surface area contributed by atoms with Crippen LogP contribution in [-0.2, 0) is 16.1 Å². The highest BCUT2D eigenvalue weighted by Crippen LogP contribution is 2.18. The summed E-state index contributed by atoms with van der Waals surface area (Å²) in [4.78, 5) is 27.1. The Hall–Kier alpha value is -2.35. The van der Waals surface area contributed by atoms with Gasteiger partial charge in [-0.1, -0.05) is 0 Å². The molecule has 1 saturated heterocycles. The number of aliphatic carboxylic acids is 1. The molecule has 0 radical (unpaired) electrons. The van der Waals surface area contributed by atoms with Crippen LogP contribution in [0.4, 0.5) is 4.79 Å². The number of carboxylic acids is 1. The summed E-state index contributed by atoms with van der Waals surface area (Å²) in [5, 5.41) is 14.3. The molecule has 0 bridgehead atoms. The van der Waals surface area contributed by atoms with E-state index in [2.05, 4.69) is 15.6 Å². The highest BCUT2D eigenvalue weighted by Gasteiger charge is 2.43. The van der Waals surface area contributed by atoms with Gasteiger partial charge >= 0.3 is 12.0 Å². The van der Waals surface area contributed by atoms with Crippen LogP contribution in [0.2, 0.25) is 0 Å². The molecule has 1 aliphatic rings. The first kappa shape index (κ1) is 15.0. The molecule has 0 spiro atoms. The molecule has 21 heavy (non-hydrogen) atoms. The Labute approximate surface area is 121 Å². The highest BCUT2D eigenvalue weighted by molar-refractivity contribution is 5.86. The van der Waals surface area contributed by atoms with Crippen molar-refractivity contribution in [1.29, 1.82) is 0 Å². The molecular weight excluding hydrogens is 278 g/mol. The van der Waals surface area contributed by atoms with Crippen LogP contribution in [-0.4, -0.2) is 48.0 Å². The smallest absolute Gasteiger partial charge is 0.332 e. The Morgan fingerprint density at radius 3 is 3.00 bits per heavy atom. The molecular formula is C13H17N3O5.